The van der Waals surface area contributed by atoms with E-state index < -0.39 is 0 Å². The van der Waals surface area contributed by atoms with Gasteiger partial charge in [0.2, 0.25) is 5.91 Å². The fourth-order valence-electron chi connectivity index (χ4n) is 3.37. The van der Waals surface area contributed by atoms with Crippen molar-refractivity contribution in [3.8, 4) is 11.3 Å². The zero-order chi connectivity index (χ0) is 17.3. The molecule has 1 aliphatic heterocycles. The maximum Gasteiger partial charge on any atom is 0.227 e. The normalized spacial score (nSPS) is 21.6. The number of amides is 1. The average molecular weight is 327 g/mol. The van der Waals surface area contributed by atoms with Crippen molar-refractivity contribution in [1.82, 2.24) is 14.8 Å². The highest BCUT2D eigenvalue weighted by molar-refractivity contribution is 5.96. The Balaban J connectivity index is 2.08. The molecule has 1 unspecified atom stereocenters. The predicted octanol–water partition coefficient (Wildman–Crippen LogP) is 2.88. The number of carbonyl (C=O) groups is 1. The van der Waals surface area contributed by atoms with Crippen molar-refractivity contribution in [3.05, 3.63) is 30.2 Å². The molecule has 2 bridgehead atoms. The number of carbonyl (C=O) groups excluding carboxylic acids is 1. The molecule has 24 heavy (non-hydrogen) atoms. The first-order valence-corrected chi connectivity index (χ1v) is 8.52. The number of anilines is 1. The molecule has 128 valence electrons. The van der Waals surface area contributed by atoms with E-state index in [-0.39, 0.29) is 23.8 Å². The highest BCUT2D eigenvalue weighted by Crippen LogP contribution is 2.31. The van der Waals surface area contributed by atoms with Gasteiger partial charge in [0, 0.05) is 30.8 Å². The van der Waals surface area contributed by atoms with Crippen molar-refractivity contribution in [2.75, 3.05) is 5.32 Å². The summed E-state index contributed by atoms with van der Waals surface area (Å²) in [5.74, 6) is 0.305. The third-order valence-electron chi connectivity index (χ3n) is 4.80. The number of nitrogens with one attached hydrogen (secondary N) is 1. The standard InChI is InChI=1S/C18H25N5O/c1-11(2)13-5-4-6-14(19)15-9-12(7-8-20-15)17-16(22-18(13)24)10-21-23(17)3/h7-11,13-14H,4-6,19H2,1-3H3,(H,22,24)/t13?,14-/m0/s1. The molecule has 6 heteroatoms. The number of fused-ring (bicyclic) bond motifs is 4. The van der Waals surface area contributed by atoms with Crippen molar-refractivity contribution in [1.29, 1.82) is 0 Å². The average Bonchev–Trinajstić information content (AvgIpc) is 2.90. The summed E-state index contributed by atoms with van der Waals surface area (Å²) in [6, 6.07) is 3.81. The molecule has 1 aliphatic rings. The number of hydrogen-bond acceptors (Lipinski definition) is 4. The van der Waals surface area contributed by atoms with E-state index in [0.717, 1.165) is 41.9 Å². The van der Waals surface area contributed by atoms with Crippen LogP contribution in [0.3, 0.4) is 0 Å². The summed E-state index contributed by atoms with van der Waals surface area (Å²) in [7, 11) is 1.87. The Kier molecular flexibility index (Phi) is 4.66. The minimum Gasteiger partial charge on any atom is -0.323 e. The van der Waals surface area contributed by atoms with Gasteiger partial charge >= 0.3 is 0 Å². The van der Waals surface area contributed by atoms with Gasteiger partial charge in [-0.15, -0.1) is 0 Å². The third kappa shape index (κ3) is 3.19. The number of hydrogen-bond donors (Lipinski definition) is 2. The molecular formula is C18H25N5O. The van der Waals surface area contributed by atoms with Crippen LogP contribution in [-0.2, 0) is 11.8 Å². The van der Waals surface area contributed by atoms with Crippen molar-refractivity contribution < 1.29 is 4.79 Å². The summed E-state index contributed by atoms with van der Waals surface area (Å²) in [5, 5.41) is 7.39. The largest absolute Gasteiger partial charge is 0.323 e. The lowest BCUT2D eigenvalue weighted by Crippen LogP contribution is -2.27. The van der Waals surface area contributed by atoms with Gasteiger partial charge in [-0.3, -0.25) is 14.5 Å². The molecule has 0 radical (unpaired) electrons. The lowest BCUT2D eigenvalue weighted by Gasteiger charge is -2.22. The molecule has 0 spiro atoms. The van der Waals surface area contributed by atoms with Crippen LogP contribution in [0.1, 0.15) is 44.8 Å². The van der Waals surface area contributed by atoms with Crippen LogP contribution in [0.15, 0.2) is 24.5 Å². The van der Waals surface area contributed by atoms with Crippen LogP contribution in [0.5, 0.6) is 0 Å². The summed E-state index contributed by atoms with van der Waals surface area (Å²) in [6.07, 6.45) is 6.03. The molecule has 2 aromatic heterocycles. The van der Waals surface area contributed by atoms with E-state index >= 15 is 0 Å². The zero-order valence-electron chi connectivity index (χ0n) is 14.5. The lowest BCUT2D eigenvalue weighted by atomic mass is 9.88. The minimum atomic E-state index is -0.114. The van der Waals surface area contributed by atoms with E-state index in [1.807, 2.05) is 19.2 Å². The number of aromatic nitrogens is 3. The van der Waals surface area contributed by atoms with Crippen LogP contribution >= 0.6 is 0 Å². The van der Waals surface area contributed by atoms with Crippen LogP contribution in [0.25, 0.3) is 11.3 Å². The van der Waals surface area contributed by atoms with Gasteiger partial charge in [-0.2, -0.15) is 5.10 Å². The molecule has 0 aromatic carbocycles. The Bertz CT molecular complexity index is 737. The van der Waals surface area contributed by atoms with E-state index in [1.54, 1.807) is 17.1 Å². The molecule has 1 amide bonds. The van der Waals surface area contributed by atoms with Gasteiger partial charge in [-0.1, -0.05) is 20.3 Å². The Morgan fingerprint density at radius 2 is 2.17 bits per heavy atom. The quantitative estimate of drug-likeness (QED) is 0.843. The van der Waals surface area contributed by atoms with Crippen molar-refractivity contribution in [2.45, 2.75) is 39.2 Å². The van der Waals surface area contributed by atoms with Crippen molar-refractivity contribution >= 4 is 11.6 Å². The van der Waals surface area contributed by atoms with Gasteiger partial charge < -0.3 is 11.1 Å². The maximum absolute atomic E-state index is 12.8. The third-order valence-corrected chi connectivity index (χ3v) is 4.80. The van der Waals surface area contributed by atoms with Crippen LogP contribution in [0.2, 0.25) is 0 Å². The topological polar surface area (TPSA) is 85.8 Å². The highest BCUT2D eigenvalue weighted by Gasteiger charge is 2.25. The highest BCUT2D eigenvalue weighted by atomic mass is 16.1. The number of pyridine rings is 1. The Morgan fingerprint density at radius 3 is 2.92 bits per heavy atom. The van der Waals surface area contributed by atoms with E-state index in [9.17, 15) is 4.79 Å². The van der Waals surface area contributed by atoms with Gasteiger partial charge in [-0.25, -0.2) is 0 Å². The van der Waals surface area contributed by atoms with Crippen molar-refractivity contribution in [3.63, 3.8) is 0 Å². The molecule has 0 aliphatic carbocycles. The van der Waals surface area contributed by atoms with Crippen LogP contribution in [-0.4, -0.2) is 20.7 Å². The Hall–Kier alpha value is -2.21. The second-order valence-corrected chi connectivity index (χ2v) is 6.88. The van der Waals surface area contributed by atoms with E-state index in [4.69, 9.17) is 5.73 Å². The van der Waals surface area contributed by atoms with E-state index in [2.05, 4.69) is 29.2 Å². The first-order chi connectivity index (χ1) is 11.5. The molecule has 2 atom stereocenters. The van der Waals surface area contributed by atoms with Gasteiger partial charge in [-0.05, 0) is 30.9 Å². The molecule has 3 heterocycles. The second kappa shape index (κ2) is 6.73. The SMILES string of the molecule is CC(C)C1CCC[C@H](N)c2cc(ccn2)-c2c(cnn2C)NC1=O. The summed E-state index contributed by atoms with van der Waals surface area (Å²) in [4.78, 5) is 17.2. The summed E-state index contributed by atoms with van der Waals surface area (Å²) in [6.45, 7) is 4.18. The molecule has 0 fully saturated rings. The molecule has 0 saturated heterocycles. The number of nitrogens with zero attached hydrogens (tertiary/aromatic N) is 3. The van der Waals surface area contributed by atoms with Gasteiger partial charge in [0.25, 0.3) is 0 Å². The first-order valence-electron chi connectivity index (χ1n) is 8.52. The molecule has 3 N–H and O–H groups in total. The smallest absolute Gasteiger partial charge is 0.227 e. The molecule has 3 rings (SSSR count). The minimum absolute atomic E-state index is 0.0315. The van der Waals surface area contributed by atoms with Crippen LogP contribution < -0.4 is 11.1 Å². The monoisotopic (exact) mass is 327 g/mol. The molecular weight excluding hydrogens is 302 g/mol. The number of rotatable bonds is 1. The maximum atomic E-state index is 12.8. The van der Waals surface area contributed by atoms with Gasteiger partial charge in [0.05, 0.1) is 23.3 Å². The van der Waals surface area contributed by atoms with E-state index in [1.165, 1.54) is 0 Å². The fraction of sp³-hybridized carbons (Fsp3) is 0.500. The van der Waals surface area contributed by atoms with Crippen LogP contribution in [0.4, 0.5) is 5.69 Å². The Labute approximate surface area is 142 Å². The molecule has 0 saturated carbocycles. The second-order valence-electron chi connectivity index (χ2n) is 6.88. The Morgan fingerprint density at radius 1 is 1.38 bits per heavy atom. The van der Waals surface area contributed by atoms with Gasteiger partial charge in [0.1, 0.15) is 0 Å². The zero-order valence-corrected chi connectivity index (χ0v) is 14.5. The fourth-order valence-corrected chi connectivity index (χ4v) is 3.37. The summed E-state index contributed by atoms with van der Waals surface area (Å²) >= 11 is 0. The summed E-state index contributed by atoms with van der Waals surface area (Å²) < 4.78 is 1.77. The molecule has 2 aromatic rings. The summed E-state index contributed by atoms with van der Waals surface area (Å²) in [5.41, 5.74) is 9.78. The van der Waals surface area contributed by atoms with Gasteiger partial charge in [0.15, 0.2) is 0 Å². The first kappa shape index (κ1) is 16.6. The predicted molar refractivity (Wildman–Crippen MR) is 94.2 cm³/mol. The van der Waals surface area contributed by atoms with E-state index in [0.29, 0.717) is 0 Å². The van der Waals surface area contributed by atoms with Crippen molar-refractivity contribution in [2.24, 2.45) is 24.6 Å². The number of aryl methyl sites for hydroxylation is 1. The lowest BCUT2D eigenvalue weighted by molar-refractivity contribution is -0.121. The number of nitrogens with two attached hydrogens (primary N) is 1. The molecule has 6 nitrogen and oxygen atoms in total. The van der Waals surface area contributed by atoms with Crippen LogP contribution in [0, 0.1) is 11.8 Å².